The highest BCUT2D eigenvalue weighted by Crippen LogP contribution is 2.28. The van der Waals surface area contributed by atoms with Gasteiger partial charge in [-0.2, -0.15) is 0 Å². The number of halogens is 1. The number of hydrogen-bond donors (Lipinski definition) is 2. The molecule has 2 rings (SSSR count). The molecule has 2 N–H and O–H groups in total. The largest absolute Gasteiger partial charge is 0.481 e. The Bertz CT molecular complexity index is 505. The molecule has 0 spiro atoms. The number of hydrogen-bond acceptors (Lipinski definition) is 4. The number of nitrogens with one attached hydrogen (secondary N) is 1. The molecule has 102 valence electrons. The number of carbonyl (C=O) groups excluding carboxylic acids is 1. The third kappa shape index (κ3) is 2.69. The zero-order valence-electron chi connectivity index (χ0n) is 10.2. The molecule has 2 unspecified atom stereocenters. The molecule has 2 atom stereocenters. The van der Waals surface area contributed by atoms with Crippen LogP contribution in [0.3, 0.4) is 0 Å². The van der Waals surface area contributed by atoms with E-state index in [1.54, 1.807) is 6.92 Å². The van der Waals surface area contributed by atoms with Crippen LogP contribution in [0, 0.1) is 5.41 Å². The first-order valence-corrected chi connectivity index (χ1v) is 6.05. The van der Waals surface area contributed by atoms with Crippen molar-refractivity contribution >= 4 is 23.5 Å². The van der Waals surface area contributed by atoms with E-state index < -0.39 is 23.3 Å². The zero-order valence-corrected chi connectivity index (χ0v) is 11.0. The van der Waals surface area contributed by atoms with Crippen molar-refractivity contribution in [3.05, 3.63) is 29.0 Å². The van der Waals surface area contributed by atoms with Gasteiger partial charge in [0.1, 0.15) is 10.6 Å². The Labute approximate surface area is 114 Å². The maximum Gasteiger partial charge on any atom is 0.313 e. The lowest BCUT2D eigenvalue weighted by molar-refractivity contribution is -0.148. The molecule has 19 heavy (non-hydrogen) atoms. The van der Waals surface area contributed by atoms with Gasteiger partial charge in [-0.1, -0.05) is 11.6 Å². The SMILES string of the molecule is CC1(C(=O)O)COCC1NC(=O)c1ccc(Cl)nc1. The highest BCUT2D eigenvalue weighted by Gasteiger charge is 2.47. The summed E-state index contributed by atoms with van der Waals surface area (Å²) in [6, 6.07) is 2.45. The average Bonchev–Trinajstić information content (AvgIpc) is 2.73. The first-order chi connectivity index (χ1) is 8.93. The van der Waals surface area contributed by atoms with Crippen molar-refractivity contribution in [2.24, 2.45) is 5.41 Å². The van der Waals surface area contributed by atoms with Gasteiger partial charge in [0.2, 0.25) is 0 Å². The Morgan fingerprint density at radius 3 is 2.89 bits per heavy atom. The molecule has 6 nitrogen and oxygen atoms in total. The molecule has 1 aliphatic heterocycles. The Balaban J connectivity index is 2.10. The van der Waals surface area contributed by atoms with Crippen LogP contribution in [-0.2, 0) is 9.53 Å². The molecule has 7 heteroatoms. The predicted octanol–water partition coefficient (Wildman–Crippen LogP) is 0.954. The Kier molecular flexibility index (Phi) is 3.73. The highest BCUT2D eigenvalue weighted by atomic mass is 35.5. The Hall–Kier alpha value is -1.66. The number of aliphatic carboxylic acids is 1. The van der Waals surface area contributed by atoms with E-state index in [9.17, 15) is 14.7 Å². The Morgan fingerprint density at radius 1 is 1.58 bits per heavy atom. The maximum absolute atomic E-state index is 12.0. The maximum atomic E-state index is 12.0. The summed E-state index contributed by atoms with van der Waals surface area (Å²) in [5.41, 5.74) is -0.792. The standard InChI is InChI=1S/C12H13ClN2O4/c1-12(11(17)18)6-19-5-8(12)15-10(16)7-2-3-9(13)14-4-7/h2-4,8H,5-6H2,1H3,(H,15,16)(H,17,18). The molecule has 0 saturated carbocycles. The Morgan fingerprint density at radius 2 is 2.32 bits per heavy atom. The molecule has 0 bridgehead atoms. The van der Waals surface area contributed by atoms with E-state index in [0.29, 0.717) is 5.56 Å². The van der Waals surface area contributed by atoms with E-state index in [2.05, 4.69) is 10.3 Å². The van der Waals surface area contributed by atoms with Gasteiger partial charge in [0.05, 0.1) is 24.8 Å². The molecule has 2 heterocycles. The first kappa shape index (κ1) is 13.8. The summed E-state index contributed by atoms with van der Waals surface area (Å²) in [7, 11) is 0. The molecule has 0 radical (unpaired) electrons. The number of nitrogens with zero attached hydrogens (tertiary/aromatic N) is 1. The molecule has 1 aliphatic rings. The second kappa shape index (κ2) is 5.14. The van der Waals surface area contributed by atoms with E-state index in [1.165, 1.54) is 18.3 Å². The molecule has 0 aromatic carbocycles. The summed E-state index contributed by atoms with van der Waals surface area (Å²) >= 11 is 5.63. The molecule has 1 aromatic rings. The lowest BCUT2D eigenvalue weighted by Gasteiger charge is -2.25. The minimum Gasteiger partial charge on any atom is -0.481 e. The van der Waals surface area contributed by atoms with Crippen LogP contribution in [0.1, 0.15) is 17.3 Å². The number of pyridine rings is 1. The first-order valence-electron chi connectivity index (χ1n) is 5.67. The van der Waals surface area contributed by atoms with Gasteiger partial charge in [-0.05, 0) is 19.1 Å². The number of aromatic nitrogens is 1. The second-order valence-corrected chi connectivity index (χ2v) is 5.02. The van der Waals surface area contributed by atoms with Crippen LogP contribution in [0.4, 0.5) is 0 Å². The minimum absolute atomic E-state index is 0.0755. The van der Waals surface area contributed by atoms with Crippen molar-refractivity contribution in [3.63, 3.8) is 0 Å². The van der Waals surface area contributed by atoms with E-state index in [1.807, 2.05) is 0 Å². The van der Waals surface area contributed by atoms with E-state index in [0.717, 1.165) is 0 Å². The van der Waals surface area contributed by atoms with E-state index >= 15 is 0 Å². The molecule has 1 fully saturated rings. The molecule has 1 saturated heterocycles. The van der Waals surface area contributed by atoms with Crippen LogP contribution in [0.2, 0.25) is 5.15 Å². The van der Waals surface area contributed by atoms with Crippen molar-refractivity contribution in [2.75, 3.05) is 13.2 Å². The summed E-state index contributed by atoms with van der Waals surface area (Å²) in [5.74, 6) is -1.39. The van der Waals surface area contributed by atoms with Crippen LogP contribution in [0.5, 0.6) is 0 Å². The van der Waals surface area contributed by atoms with Gasteiger partial charge in [-0.25, -0.2) is 4.98 Å². The van der Waals surface area contributed by atoms with Crippen LogP contribution < -0.4 is 5.32 Å². The summed E-state index contributed by atoms with van der Waals surface area (Å²) < 4.78 is 5.16. The van der Waals surface area contributed by atoms with Crippen LogP contribution in [-0.4, -0.2) is 41.2 Å². The molecular weight excluding hydrogens is 272 g/mol. The monoisotopic (exact) mass is 284 g/mol. The normalized spacial score (nSPS) is 26.1. The second-order valence-electron chi connectivity index (χ2n) is 4.63. The molecule has 0 aliphatic carbocycles. The van der Waals surface area contributed by atoms with Gasteiger partial charge < -0.3 is 15.2 Å². The summed E-state index contributed by atoms with van der Waals surface area (Å²) in [6.07, 6.45) is 1.34. The summed E-state index contributed by atoms with van der Waals surface area (Å²) in [4.78, 5) is 27.0. The summed E-state index contributed by atoms with van der Waals surface area (Å²) in [6.45, 7) is 1.80. The fourth-order valence-electron chi connectivity index (χ4n) is 1.84. The number of rotatable bonds is 3. The van der Waals surface area contributed by atoms with Gasteiger partial charge in [0.15, 0.2) is 0 Å². The van der Waals surface area contributed by atoms with Crippen LogP contribution >= 0.6 is 11.6 Å². The third-order valence-electron chi connectivity index (χ3n) is 3.24. The number of ether oxygens (including phenoxy) is 1. The van der Waals surface area contributed by atoms with Gasteiger partial charge in [-0.15, -0.1) is 0 Å². The lowest BCUT2D eigenvalue weighted by Crippen LogP contribution is -2.49. The summed E-state index contributed by atoms with van der Waals surface area (Å²) in [5, 5.41) is 12.1. The number of carboxylic acids is 1. The van der Waals surface area contributed by atoms with Crippen molar-refractivity contribution in [3.8, 4) is 0 Å². The van der Waals surface area contributed by atoms with Crippen molar-refractivity contribution in [1.82, 2.24) is 10.3 Å². The van der Waals surface area contributed by atoms with Crippen LogP contribution in [0.25, 0.3) is 0 Å². The topological polar surface area (TPSA) is 88.5 Å². The van der Waals surface area contributed by atoms with Crippen molar-refractivity contribution in [1.29, 1.82) is 0 Å². The molecule has 1 amide bonds. The van der Waals surface area contributed by atoms with Crippen molar-refractivity contribution < 1.29 is 19.4 Å². The van der Waals surface area contributed by atoms with Gasteiger partial charge in [0, 0.05) is 6.20 Å². The lowest BCUT2D eigenvalue weighted by atomic mass is 9.85. The fraction of sp³-hybridized carbons (Fsp3) is 0.417. The predicted molar refractivity (Wildman–Crippen MR) is 67.1 cm³/mol. The fourth-order valence-corrected chi connectivity index (χ4v) is 1.95. The quantitative estimate of drug-likeness (QED) is 0.807. The minimum atomic E-state index is -1.12. The number of carbonyl (C=O) groups is 2. The van der Waals surface area contributed by atoms with Gasteiger partial charge in [-0.3, -0.25) is 9.59 Å². The molecular formula is C12H13ClN2O4. The third-order valence-corrected chi connectivity index (χ3v) is 3.46. The number of carboxylic acid groups (broad SMARTS) is 1. The van der Waals surface area contributed by atoms with E-state index in [-0.39, 0.29) is 18.4 Å². The average molecular weight is 285 g/mol. The van der Waals surface area contributed by atoms with Crippen molar-refractivity contribution in [2.45, 2.75) is 13.0 Å². The molecule has 1 aromatic heterocycles. The van der Waals surface area contributed by atoms with E-state index in [4.69, 9.17) is 16.3 Å². The zero-order chi connectivity index (χ0) is 14.0. The van der Waals surface area contributed by atoms with Gasteiger partial charge in [0.25, 0.3) is 5.91 Å². The smallest absolute Gasteiger partial charge is 0.313 e. The van der Waals surface area contributed by atoms with Gasteiger partial charge >= 0.3 is 5.97 Å². The highest BCUT2D eigenvalue weighted by molar-refractivity contribution is 6.29. The number of amides is 1. The van der Waals surface area contributed by atoms with Crippen LogP contribution in [0.15, 0.2) is 18.3 Å².